The van der Waals surface area contributed by atoms with Crippen LogP contribution in [0, 0.1) is 20.2 Å². The molecular formula is C12H7Cl2N2O6P. The van der Waals surface area contributed by atoms with Crippen molar-refractivity contribution in [3.63, 3.8) is 0 Å². The van der Waals surface area contributed by atoms with Gasteiger partial charge in [0.05, 0.1) is 30.5 Å². The molecule has 0 aromatic heterocycles. The highest BCUT2D eigenvalue weighted by Crippen LogP contribution is 2.44. The lowest BCUT2D eigenvalue weighted by Crippen LogP contribution is -2.18. The summed E-state index contributed by atoms with van der Waals surface area (Å²) >= 11 is 11.7. The molecule has 0 saturated carbocycles. The first-order valence-corrected chi connectivity index (χ1v) is 8.28. The highest BCUT2D eigenvalue weighted by molar-refractivity contribution is 7.74. The van der Waals surface area contributed by atoms with Crippen LogP contribution in [-0.4, -0.2) is 14.7 Å². The molecular weight excluding hydrogens is 370 g/mol. The van der Waals surface area contributed by atoms with Gasteiger partial charge in [0.2, 0.25) is 0 Å². The molecule has 0 aliphatic heterocycles. The van der Waals surface area contributed by atoms with Crippen molar-refractivity contribution >= 4 is 52.6 Å². The van der Waals surface area contributed by atoms with Crippen molar-refractivity contribution in [2.45, 2.75) is 0 Å². The fourth-order valence-electron chi connectivity index (χ4n) is 1.82. The van der Waals surface area contributed by atoms with E-state index in [0.717, 1.165) is 36.4 Å². The van der Waals surface area contributed by atoms with Crippen molar-refractivity contribution in [2.75, 3.05) is 0 Å². The van der Waals surface area contributed by atoms with Gasteiger partial charge in [-0.25, -0.2) is 0 Å². The number of halogens is 2. The van der Waals surface area contributed by atoms with E-state index >= 15 is 0 Å². The zero-order chi connectivity index (χ0) is 17.4. The molecule has 2 aromatic carbocycles. The van der Waals surface area contributed by atoms with Crippen molar-refractivity contribution in [1.82, 2.24) is 0 Å². The first kappa shape index (κ1) is 17.4. The monoisotopic (exact) mass is 376 g/mol. The summed E-state index contributed by atoms with van der Waals surface area (Å²) in [6.45, 7) is 0. The summed E-state index contributed by atoms with van der Waals surface area (Å²) in [7, 11) is -4.48. The zero-order valence-electron chi connectivity index (χ0n) is 11.1. The lowest BCUT2D eigenvalue weighted by molar-refractivity contribution is -0.384. The molecule has 0 atom stereocenters. The third kappa shape index (κ3) is 3.35. The van der Waals surface area contributed by atoms with Gasteiger partial charge in [-0.3, -0.25) is 24.8 Å². The molecule has 0 aliphatic rings. The molecule has 0 radical (unpaired) electrons. The van der Waals surface area contributed by atoms with E-state index in [2.05, 4.69) is 0 Å². The van der Waals surface area contributed by atoms with Crippen molar-refractivity contribution in [1.29, 1.82) is 0 Å². The normalized spacial score (nSPS) is 11.3. The number of nitro benzene ring substituents is 2. The van der Waals surface area contributed by atoms with Crippen molar-refractivity contribution in [2.24, 2.45) is 0 Å². The molecule has 0 aliphatic carbocycles. The molecule has 120 valence electrons. The second kappa shape index (κ2) is 6.25. The van der Waals surface area contributed by atoms with Crippen LogP contribution >= 0.6 is 30.6 Å². The molecule has 2 rings (SSSR count). The van der Waals surface area contributed by atoms with Crippen molar-refractivity contribution in [3.8, 4) is 0 Å². The predicted molar refractivity (Wildman–Crippen MR) is 85.3 cm³/mol. The Bertz CT molecular complexity index is 805. The molecule has 0 fully saturated rings. The van der Waals surface area contributed by atoms with Gasteiger partial charge < -0.3 is 4.89 Å². The van der Waals surface area contributed by atoms with Crippen LogP contribution < -0.4 is 10.6 Å². The minimum absolute atomic E-state index is 0.191. The molecule has 0 bridgehead atoms. The fraction of sp³-hybridized carbons (Fsp3) is 0. The maximum absolute atomic E-state index is 12.7. The largest absolute Gasteiger partial charge is 0.338 e. The van der Waals surface area contributed by atoms with Crippen molar-refractivity contribution in [3.05, 3.63) is 66.7 Å². The predicted octanol–water partition coefficient (Wildman–Crippen LogP) is 3.03. The molecule has 0 heterocycles. The van der Waals surface area contributed by atoms with E-state index in [1.54, 1.807) is 0 Å². The minimum atomic E-state index is -4.48. The van der Waals surface area contributed by atoms with E-state index in [9.17, 15) is 29.7 Å². The van der Waals surface area contributed by atoms with Crippen LogP contribution in [0.4, 0.5) is 11.4 Å². The van der Waals surface area contributed by atoms with Gasteiger partial charge in [-0.15, -0.1) is 0 Å². The Hall–Kier alpha value is -1.99. The Morgan fingerprint density at radius 1 is 0.870 bits per heavy atom. The second-order valence-corrected chi connectivity index (χ2v) is 7.29. The topological polar surface area (TPSA) is 124 Å². The summed E-state index contributed by atoms with van der Waals surface area (Å²) in [5.41, 5.74) is -0.888. The van der Waals surface area contributed by atoms with Gasteiger partial charge in [-0.1, -0.05) is 23.2 Å². The summed E-state index contributed by atoms with van der Waals surface area (Å²) in [6.07, 6.45) is 0. The highest BCUT2D eigenvalue weighted by Gasteiger charge is 2.32. The van der Waals surface area contributed by atoms with Gasteiger partial charge in [0.15, 0.2) is 0 Å². The lowest BCUT2D eigenvalue weighted by Gasteiger charge is -2.14. The highest BCUT2D eigenvalue weighted by atomic mass is 35.5. The number of benzene rings is 2. The average Bonchev–Trinajstić information content (AvgIpc) is 2.47. The summed E-state index contributed by atoms with van der Waals surface area (Å²) in [5.74, 6) is 0. The van der Waals surface area contributed by atoms with E-state index in [1.165, 1.54) is 0 Å². The van der Waals surface area contributed by atoms with Crippen LogP contribution in [0.3, 0.4) is 0 Å². The number of nitro groups is 2. The standard InChI is InChI=1S/C12H7Cl2N2O6P/c13-9-3-1-7(15(17)18)5-11(9)23(21,22)12-6-8(16(19)20)2-4-10(12)14/h1-6H,(H,21,22). The average molecular weight is 377 g/mol. The van der Waals surface area contributed by atoms with E-state index in [-0.39, 0.29) is 10.0 Å². The summed E-state index contributed by atoms with van der Waals surface area (Å²) < 4.78 is 12.7. The lowest BCUT2D eigenvalue weighted by atomic mass is 10.3. The van der Waals surface area contributed by atoms with Crippen LogP contribution in [0.5, 0.6) is 0 Å². The first-order chi connectivity index (χ1) is 10.6. The molecule has 1 N–H and O–H groups in total. The summed E-state index contributed by atoms with van der Waals surface area (Å²) in [5, 5.41) is 20.4. The Morgan fingerprint density at radius 3 is 1.52 bits per heavy atom. The van der Waals surface area contributed by atoms with Gasteiger partial charge in [-0.2, -0.15) is 0 Å². The molecule has 0 unspecified atom stereocenters. The smallest absolute Gasteiger partial charge is 0.270 e. The number of hydrogen-bond acceptors (Lipinski definition) is 5. The minimum Gasteiger partial charge on any atom is -0.338 e. The van der Waals surface area contributed by atoms with Crippen LogP contribution in [0.2, 0.25) is 10.0 Å². The van der Waals surface area contributed by atoms with Gasteiger partial charge in [0.25, 0.3) is 18.7 Å². The van der Waals surface area contributed by atoms with Gasteiger partial charge in [0, 0.05) is 24.3 Å². The van der Waals surface area contributed by atoms with E-state index in [0.29, 0.717) is 0 Å². The Labute approximate surface area is 139 Å². The molecule has 8 nitrogen and oxygen atoms in total. The van der Waals surface area contributed by atoms with Gasteiger partial charge in [-0.05, 0) is 12.1 Å². The first-order valence-electron chi connectivity index (χ1n) is 5.86. The van der Waals surface area contributed by atoms with E-state index in [4.69, 9.17) is 23.2 Å². The second-order valence-electron chi connectivity index (χ2n) is 4.36. The molecule has 11 heteroatoms. The number of rotatable bonds is 4. The van der Waals surface area contributed by atoms with Gasteiger partial charge in [0.1, 0.15) is 0 Å². The third-order valence-electron chi connectivity index (χ3n) is 2.93. The number of nitrogens with zero attached hydrogens (tertiary/aromatic N) is 2. The maximum Gasteiger partial charge on any atom is 0.270 e. The molecule has 23 heavy (non-hydrogen) atoms. The zero-order valence-corrected chi connectivity index (χ0v) is 13.5. The number of non-ortho nitro benzene ring substituents is 2. The quantitative estimate of drug-likeness (QED) is 0.496. The van der Waals surface area contributed by atoms with E-state index in [1.807, 2.05) is 0 Å². The van der Waals surface area contributed by atoms with Gasteiger partial charge >= 0.3 is 0 Å². The number of hydrogen-bond donors (Lipinski definition) is 1. The SMILES string of the molecule is O=[N+]([O-])c1ccc(Cl)c(P(=O)(O)c2cc([N+](=O)[O-])ccc2Cl)c1. The van der Waals surface area contributed by atoms with E-state index < -0.39 is 39.2 Å². The Morgan fingerprint density at radius 2 is 1.22 bits per heavy atom. The maximum atomic E-state index is 12.7. The van der Waals surface area contributed by atoms with Crippen LogP contribution in [0.15, 0.2) is 36.4 Å². The molecule has 2 aromatic rings. The third-order valence-corrected chi connectivity index (χ3v) is 5.90. The van der Waals surface area contributed by atoms with Crippen molar-refractivity contribution < 1.29 is 19.3 Å². The summed E-state index contributed by atoms with van der Waals surface area (Å²) in [4.78, 5) is 30.5. The van der Waals surface area contributed by atoms with Crippen LogP contribution in [0.25, 0.3) is 0 Å². The molecule has 0 amide bonds. The Balaban J connectivity index is 2.70. The molecule has 0 spiro atoms. The fourth-order valence-corrected chi connectivity index (χ4v) is 4.35. The van der Waals surface area contributed by atoms with Crippen LogP contribution in [-0.2, 0) is 4.57 Å². The van der Waals surface area contributed by atoms with Crippen LogP contribution in [0.1, 0.15) is 0 Å². The molecule has 0 saturated heterocycles. The Kier molecular flexibility index (Phi) is 4.72. The summed E-state index contributed by atoms with van der Waals surface area (Å²) in [6, 6.07) is 6.03.